The first-order chi connectivity index (χ1) is 13.0. The van der Waals surface area contributed by atoms with Crippen LogP contribution in [-0.2, 0) is 14.3 Å². The fourth-order valence-corrected chi connectivity index (χ4v) is 2.45. The van der Waals surface area contributed by atoms with E-state index in [1.807, 2.05) is 38.1 Å². The highest BCUT2D eigenvalue weighted by molar-refractivity contribution is 5.95. The molecule has 0 aromatic heterocycles. The molecule has 0 aliphatic rings. The minimum absolute atomic E-state index is 0.185. The number of carbonyl (C=O) groups is 2. The summed E-state index contributed by atoms with van der Waals surface area (Å²) in [5, 5.41) is 8.79. The van der Waals surface area contributed by atoms with Crippen LogP contribution >= 0.6 is 0 Å². The lowest BCUT2D eigenvalue weighted by Crippen LogP contribution is -2.36. The zero-order valence-corrected chi connectivity index (χ0v) is 15.5. The first kappa shape index (κ1) is 20.0. The molecule has 0 unspecified atom stereocenters. The van der Waals surface area contributed by atoms with Gasteiger partial charge in [0.15, 0.2) is 13.2 Å². The molecular weight excluding hydrogens is 344 g/mol. The second-order valence-electron chi connectivity index (χ2n) is 5.94. The van der Waals surface area contributed by atoms with Crippen LogP contribution in [0.25, 0.3) is 0 Å². The van der Waals surface area contributed by atoms with Crippen molar-refractivity contribution >= 4 is 17.6 Å². The number of esters is 1. The first-order valence-corrected chi connectivity index (χ1v) is 8.60. The van der Waals surface area contributed by atoms with E-state index in [0.29, 0.717) is 11.4 Å². The quantitative estimate of drug-likeness (QED) is 0.671. The number of aryl methyl sites for hydroxylation is 1. The Kier molecular flexibility index (Phi) is 7.38. The van der Waals surface area contributed by atoms with Gasteiger partial charge in [0.2, 0.25) is 0 Å². The number of hydrogen-bond acceptors (Lipinski definition) is 5. The lowest BCUT2D eigenvalue weighted by Gasteiger charge is -2.21. The van der Waals surface area contributed by atoms with Crippen LogP contribution in [0, 0.1) is 25.2 Å². The molecule has 6 heteroatoms. The number of para-hydroxylation sites is 1. The van der Waals surface area contributed by atoms with Crippen molar-refractivity contribution in [2.24, 2.45) is 0 Å². The van der Waals surface area contributed by atoms with Gasteiger partial charge in [-0.1, -0.05) is 30.3 Å². The first-order valence-electron chi connectivity index (χ1n) is 8.60. The summed E-state index contributed by atoms with van der Waals surface area (Å²) in [5.41, 5.74) is 2.67. The highest BCUT2D eigenvalue weighted by Gasteiger charge is 2.17. The molecule has 0 spiro atoms. The number of nitriles is 1. The molecule has 2 aromatic carbocycles. The number of benzene rings is 2. The van der Waals surface area contributed by atoms with Crippen molar-refractivity contribution in [3.63, 3.8) is 0 Å². The Hall–Kier alpha value is -3.33. The SMILES string of the molecule is Cc1cccc(OCC(=O)OCC(=O)N(CCC#N)c2ccccc2)c1C. The maximum absolute atomic E-state index is 12.4. The molecule has 0 saturated carbocycles. The molecule has 0 bridgehead atoms. The van der Waals surface area contributed by atoms with Crippen LogP contribution in [-0.4, -0.2) is 31.6 Å². The van der Waals surface area contributed by atoms with E-state index in [0.717, 1.165) is 11.1 Å². The number of ether oxygens (including phenoxy) is 2. The van der Waals surface area contributed by atoms with Crippen LogP contribution < -0.4 is 9.64 Å². The molecule has 0 aliphatic carbocycles. The van der Waals surface area contributed by atoms with E-state index in [1.54, 1.807) is 30.3 Å². The number of hydrogen-bond donors (Lipinski definition) is 0. The van der Waals surface area contributed by atoms with Crippen molar-refractivity contribution < 1.29 is 19.1 Å². The fraction of sp³-hybridized carbons (Fsp3) is 0.286. The van der Waals surface area contributed by atoms with Gasteiger partial charge in [-0.05, 0) is 43.2 Å². The zero-order chi connectivity index (χ0) is 19.6. The van der Waals surface area contributed by atoms with E-state index in [1.165, 1.54) is 4.90 Å². The number of carbonyl (C=O) groups excluding carboxylic acids is 2. The molecule has 2 aromatic rings. The molecule has 1 amide bonds. The van der Waals surface area contributed by atoms with Gasteiger partial charge in [0.25, 0.3) is 5.91 Å². The van der Waals surface area contributed by atoms with Crippen molar-refractivity contribution in [2.45, 2.75) is 20.3 Å². The van der Waals surface area contributed by atoms with Gasteiger partial charge in [0.1, 0.15) is 5.75 Å². The molecule has 2 rings (SSSR count). The van der Waals surface area contributed by atoms with Gasteiger partial charge < -0.3 is 14.4 Å². The molecule has 0 atom stereocenters. The van der Waals surface area contributed by atoms with Gasteiger partial charge in [-0.2, -0.15) is 5.26 Å². The third-order valence-corrected chi connectivity index (χ3v) is 4.07. The molecule has 0 saturated heterocycles. The van der Waals surface area contributed by atoms with Gasteiger partial charge in [0.05, 0.1) is 12.5 Å². The Morgan fingerprint density at radius 1 is 1.04 bits per heavy atom. The topological polar surface area (TPSA) is 79.6 Å². The molecule has 140 valence electrons. The molecular formula is C21H22N2O4. The third kappa shape index (κ3) is 5.86. The Morgan fingerprint density at radius 3 is 2.48 bits per heavy atom. The highest BCUT2D eigenvalue weighted by Crippen LogP contribution is 2.20. The summed E-state index contributed by atoms with van der Waals surface area (Å²) in [7, 11) is 0. The smallest absolute Gasteiger partial charge is 0.344 e. The van der Waals surface area contributed by atoms with Crippen LogP contribution in [0.4, 0.5) is 5.69 Å². The van der Waals surface area contributed by atoms with Crippen LogP contribution in [0.15, 0.2) is 48.5 Å². The standard InChI is InChI=1S/C21H22N2O4/c1-16-8-6-11-19(17(16)2)26-15-21(25)27-14-20(24)23(13-7-12-22)18-9-4-3-5-10-18/h3-6,8-11H,7,13-15H2,1-2H3. The summed E-state index contributed by atoms with van der Waals surface area (Å²) < 4.78 is 10.5. The Labute approximate surface area is 158 Å². The number of nitrogens with zero attached hydrogens (tertiary/aromatic N) is 2. The maximum atomic E-state index is 12.4. The minimum Gasteiger partial charge on any atom is -0.482 e. The van der Waals surface area contributed by atoms with Gasteiger partial charge >= 0.3 is 5.97 Å². The summed E-state index contributed by atoms with van der Waals surface area (Å²) in [6.07, 6.45) is 0.185. The van der Waals surface area contributed by atoms with E-state index in [-0.39, 0.29) is 19.6 Å². The predicted molar refractivity (Wildman–Crippen MR) is 101 cm³/mol. The Bertz CT molecular complexity index is 828. The largest absolute Gasteiger partial charge is 0.482 e. The van der Waals surface area contributed by atoms with Crippen LogP contribution in [0.5, 0.6) is 5.75 Å². The second-order valence-corrected chi connectivity index (χ2v) is 5.94. The lowest BCUT2D eigenvalue weighted by molar-refractivity contribution is -0.149. The molecule has 0 N–H and O–H groups in total. The van der Waals surface area contributed by atoms with Crippen molar-refractivity contribution in [1.29, 1.82) is 5.26 Å². The van der Waals surface area contributed by atoms with E-state index >= 15 is 0 Å². The third-order valence-electron chi connectivity index (χ3n) is 4.07. The number of amides is 1. The highest BCUT2D eigenvalue weighted by atomic mass is 16.6. The summed E-state index contributed by atoms with van der Waals surface area (Å²) in [6, 6.07) is 16.6. The zero-order valence-electron chi connectivity index (χ0n) is 15.5. The molecule has 0 heterocycles. The van der Waals surface area contributed by atoms with Gasteiger partial charge in [-0.25, -0.2) is 4.79 Å². The van der Waals surface area contributed by atoms with Gasteiger partial charge in [-0.3, -0.25) is 4.79 Å². The van der Waals surface area contributed by atoms with Gasteiger partial charge in [0, 0.05) is 12.2 Å². The number of anilines is 1. The monoisotopic (exact) mass is 366 g/mol. The Morgan fingerprint density at radius 2 is 1.78 bits per heavy atom. The molecule has 6 nitrogen and oxygen atoms in total. The van der Waals surface area contributed by atoms with Crippen molar-refractivity contribution in [3.8, 4) is 11.8 Å². The summed E-state index contributed by atoms with van der Waals surface area (Å²) >= 11 is 0. The summed E-state index contributed by atoms with van der Waals surface area (Å²) in [4.78, 5) is 25.8. The van der Waals surface area contributed by atoms with Gasteiger partial charge in [-0.15, -0.1) is 0 Å². The molecule has 0 fully saturated rings. The van der Waals surface area contributed by atoms with E-state index in [9.17, 15) is 9.59 Å². The number of rotatable bonds is 8. The lowest BCUT2D eigenvalue weighted by atomic mass is 10.1. The summed E-state index contributed by atoms with van der Waals surface area (Å²) in [6.45, 7) is 3.41. The van der Waals surface area contributed by atoms with Crippen LogP contribution in [0.3, 0.4) is 0 Å². The molecule has 27 heavy (non-hydrogen) atoms. The summed E-state index contributed by atoms with van der Waals surface area (Å²) in [5.74, 6) is -0.410. The van der Waals surface area contributed by atoms with E-state index in [2.05, 4.69) is 0 Å². The van der Waals surface area contributed by atoms with Crippen molar-refractivity contribution in [2.75, 3.05) is 24.7 Å². The van der Waals surface area contributed by atoms with E-state index in [4.69, 9.17) is 14.7 Å². The fourth-order valence-electron chi connectivity index (χ4n) is 2.45. The van der Waals surface area contributed by atoms with Crippen LogP contribution in [0.2, 0.25) is 0 Å². The second kappa shape index (κ2) is 9.97. The van der Waals surface area contributed by atoms with Crippen molar-refractivity contribution in [3.05, 3.63) is 59.7 Å². The average Bonchev–Trinajstić information content (AvgIpc) is 2.68. The minimum atomic E-state index is -0.627. The average molecular weight is 366 g/mol. The van der Waals surface area contributed by atoms with E-state index < -0.39 is 18.5 Å². The van der Waals surface area contributed by atoms with Crippen LogP contribution in [0.1, 0.15) is 17.5 Å². The molecule has 0 aliphatic heterocycles. The molecule has 0 radical (unpaired) electrons. The Balaban J connectivity index is 1.89. The maximum Gasteiger partial charge on any atom is 0.344 e. The predicted octanol–water partition coefficient (Wildman–Crippen LogP) is 3.17. The normalized spacial score (nSPS) is 9.96. The van der Waals surface area contributed by atoms with Crippen molar-refractivity contribution in [1.82, 2.24) is 0 Å².